The summed E-state index contributed by atoms with van der Waals surface area (Å²) in [7, 11) is 0. The molecular weight excluding hydrogens is 294 g/mol. The molecule has 0 N–H and O–H groups in total. The van der Waals surface area contributed by atoms with Crippen molar-refractivity contribution in [3.63, 3.8) is 0 Å². The molecule has 0 spiro atoms. The van der Waals surface area contributed by atoms with Gasteiger partial charge in [-0.3, -0.25) is 0 Å². The van der Waals surface area contributed by atoms with Gasteiger partial charge in [-0.15, -0.1) is 0 Å². The first-order valence-electron chi connectivity index (χ1n) is 6.84. The minimum Gasteiger partial charge on any atom is -0.422 e. The van der Waals surface area contributed by atoms with Gasteiger partial charge in [0.15, 0.2) is 0 Å². The second kappa shape index (κ2) is 5.31. The molecule has 1 aromatic heterocycles. The number of fused-ring (bicyclic) bond motifs is 2. The zero-order valence-corrected chi connectivity index (χ0v) is 12.3. The van der Waals surface area contributed by atoms with E-state index in [0.29, 0.717) is 16.3 Å². The van der Waals surface area contributed by atoms with Crippen LogP contribution in [0, 0.1) is 0 Å². The van der Waals surface area contributed by atoms with E-state index in [1.54, 1.807) is 18.3 Å². The fourth-order valence-electron chi connectivity index (χ4n) is 2.40. The number of aromatic nitrogens is 1. The molecule has 1 aliphatic heterocycles. The van der Waals surface area contributed by atoms with Crippen LogP contribution in [0.2, 0.25) is 0 Å². The highest BCUT2D eigenvalue weighted by Crippen LogP contribution is 2.32. The summed E-state index contributed by atoms with van der Waals surface area (Å²) in [6, 6.07) is 17.6. The molecule has 0 aliphatic carbocycles. The molecule has 0 fully saturated rings. The van der Waals surface area contributed by atoms with Gasteiger partial charge in [-0.25, -0.2) is 9.78 Å². The van der Waals surface area contributed by atoms with Crippen LogP contribution in [-0.4, -0.2) is 11.0 Å². The smallest absolute Gasteiger partial charge is 0.346 e. The number of cyclic esters (lactones) is 1. The van der Waals surface area contributed by atoms with Crippen molar-refractivity contribution in [3.8, 4) is 0 Å². The molecule has 3 aromatic rings. The van der Waals surface area contributed by atoms with Crippen LogP contribution in [0.4, 0.5) is 0 Å². The Labute approximate surface area is 131 Å². The van der Waals surface area contributed by atoms with Gasteiger partial charge in [0.05, 0.1) is 5.56 Å². The lowest BCUT2D eigenvalue weighted by atomic mass is 10.1. The second-order valence-corrected chi connectivity index (χ2v) is 5.77. The normalized spacial score (nSPS) is 14.0. The molecule has 1 aliphatic rings. The quantitative estimate of drug-likeness (QED) is 0.621. The topological polar surface area (TPSA) is 39.2 Å². The van der Waals surface area contributed by atoms with Gasteiger partial charge >= 0.3 is 5.97 Å². The summed E-state index contributed by atoms with van der Waals surface area (Å²) in [5, 5.41) is 4.77. The summed E-state index contributed by atoms with van der Waals surface area (Å²) in [4.78, 5) is 16.5. The Morgan fingerprint density at radius 3 is 2.73 bits per heavy atom. The van der Waals surface area contributed by atoms with E-state index in [2.05, 4.69) is 11.1 Å². The molecule has 3 nitrogen and oxygen atoms in total. The number of carbonyl (C=O) groups is 1. The number of esters is 1. The third kappa shape index (κ3) is 2.27. The number of hydrogen-bond donors (Lipinski definition) is 0. The van der Waals surface area contributed by atoms with Crippen LogP contribution in [0.15, 0.2) is 71.2 Å². The molecule has 0 saturated heterocycles. The minimum absolute atomic E-state index is 0.368. The van der Waals surface area contributed by atoms with E-state index in [1.807, 2.05) is 41.8 Å². The largest absolute Gasteiger partial charge is 0.422 e. The summed E-state index contributed by atoms with van der Waals surface area (Å²) in [6.45, 7) is 0. The van der Waals surface area contributed by atoms with Crippen molar-refractivity contribution in [2.45, 2.75) is 5.03 Å². The Hall–Kier alpha value is -2.59. The van der Waals surface area contributed by atoms with Gasteiger partial charge in [0.2, 0.25) is 0 Å². The molecule has 0 unspecified atom stereocenters. The minimum atomic E-state index is -0.368. The summed E-state index contributed by atoms with van der Waals surface area (Å²) in [5.74, 6) is 0.186. The highest BCUT2D eigenvalue weighted by molar-refractivity contribution is 8.02. The van der Waals surface area contributed by atoms with Gasteiger partial charge in [-0.1, -0.05) is 48.2 Å². The lowest BCUT2D eigenvalue weighted by Crippen LogP contribution is -2.04. The Bertz CT molecular complexity index is 918. The zero-order chi connectivity index (χ0) is 14.9. The van der Waals surface area contributed by atoms with Crippen molar-refractivity contribution in [1.29, 1.82) is 0 Å². The Kier molecular flexibility index (Phi) is 3.16. The number of ether oxygens (including phenoxy) is 1. The fraction of sp³-hybridized carbons (Fsp3) is 0. The molecule has 106 valence electrons. The lowest BCUT2D eigenvalue weighted by molar-refractivity contribution is 0.0689. The maximum absolute atomic E-state index is 12.2. The number of carbonyl (C=O) groups excluding carboxylic acids is 1. The maximum Gasteiger partial charge on any atom is 0.346 e. The van der Waals surface area contributed by atoms with Crippen LogP contribution in [0.25, 0.3) is 16.5 Å². The van der Waals surface area contributed by atoms with E-state index in [0.717, 1.165) is 16.3 Å². The van der Waals surface area contributed by atoms with Crippen molar-refractivity contribution in [2.24, 2.45) is 0 Å². The van der Waals surface area contributed by atoms with Crippen LogP contribution in [0.5, 0.6) is 0 Å². The fourth-order valence-corrected chi connectivity index (χ4v) is 3.20. The SMILES string of the molecule is O=C1OC(c2ccc3ccccc3c2)=CSc2ncccc21. The Balaban J connectivity index is 1.76. The average Bonchev–Trinajstić information content (AvgIpc) is 2.74. The number of nitrogens with zero attached hydrogens (tertiary/aromatic N) is 1. The first-order chi connectivity index (χ1) is 10.8. The van der Waals surface area contributed by atoms with E-state index in [9.17, 15) is 4.79 Å². The van der Waals surface area contributed by atoms with E-state index in [-0.39, 0.29) is 5.97 Å². The predicted octanol–water partition coefficient (Wildman–Crippen LogP) is 4.50. The van der Waals surface area contributed by atoms with Crippen molar-refractivity contribution in [1.82, 2.24) is 4.98 Å². The summed E-state index contributed by atoms with van der Waals surface area (Å²) < 4.78 is 5.53. The molecular formula is C18H11NO2S. The highest BCUT2D eigenvalue weighted by atomic mass is 32.2. The molecule has 22 heavy (non-hydrogen) atoms. The molecule has 0 radical (unpaired) electrons. The predicted molar refractivity (Wildman–Crippen MR) is 87.4 cm³/mol. The zero-order valence-electron chi connectivity index (χ0n) is 11.5. The van der Waals surface area contributed by atoms with Crippen molar-refractivity contribution in [2.75, 3.05) is 0 Å². The Morgan fingerprint density at radius 2 is 1.82 bits per heavy atom. The third-order valence-electron chi connectivity index (χ3n) is 3.51. The van der Waals surface area contributed by atoms with E-state index < -0.39 is 0 Å². The van der Waals surface area contributed by atoms with E-state index >= 15 is 0 Å². The van der Waals surface area contributed by atoms with Gasteiger partial charge < -0.3 is 4.74 Å². The molecule has 2 aromatic carbocycles. The summed E-state index contributed by atoms with van der Waals surface area (Å²) in [6.07, 6.45) is 1.67. The molecule has 2 heterocycles. The van der Waals surface area contributed by atoms with Crippen LogP contribution >= 0.6 is 11.8 Å². The maximum atomic E-state index is 12.2. The number of rotatable bonds is 1. The molecule has 0 bridgehead atoms. The summed E-state index contributed by atoms with van der Waals surface area (Å²) >= 11 is 1.40. The van der Waals surface area contributed by atoms with Crippen LogP contribution in [0.3, 0.4) is 0 Å². The van der Waals surface area contributed by atoms with Crippen LogP contribution < -0.4 is 0 Å². The second-order valence-electron chi connectivity index (χ2n) is 4.91. The van der Waals surface area contributed by atoms with Gasteiger partial charge in [0.25, 0.3) is 0 Å². The van der Waals surface area contributed by atoms with E-state index in [1.165, 1.54) is 11.8 Å². The highest BCUT2D eigenvalue weighted by Gasteiger charge is 2.20. The molecule has 0 amide bonds. The van der Waals surface area contributed by atoms with Gasteiger partial charge in [0.1, 0.15) is 10.8 Å². The van der Waals surface area contributed by atoms with Gasteiger partial charge in [-0.2, -0.15) is 0 Å². The number of hydrogen-bond acceptors (Lipinski definition) is 4. The molecule has 0 atom stereocenters. The molecule has 0 saturated carbocycles. The van der Waals surface area contributed by atoms with Gasteiger partial charge in [0, 0.05) is 17.2 Å². The number of pyridine rings is 1. The Morgan fingerprint density at radius 1 is 0.955 bits per heavy atom. The third-order valence-corrected chi connectivity index (χ3v) is 4.39. The lowest BCUT2D eigenvalue weighted by Gasteiger charge is -2.08. The van der Waals surface area contributed by atoms with Crippen LogP contribution in [0.1, 0.15) is 15.9 Å². The van der Waals surface area contributed by atoms with Crippen molar-refractivity contribution in [3.05, 3.63) is 77.3 Å². The number of thioether (sulfide) groups is 1. The van der Waals surface area contributed by atoms with Gasteiger partial charge in [-0.05, 0) is 29.0 Å². The monoisotopic (exact) mass is 305 g/mol. The molecule has 4 rings (SSSR count). The van der Waals surface area contributed by atoms with Crippen molar-refractivity contribution >= 4 is 34.3 Å². The standard InChI is InChI=1S/C18H11NO2S/c20-18-15-6-3-9-19-17(15)22-11-16(21-18)14-8-7-12-4-1-2-5-13(12)10-14/h1-11H. The molecule has 4 heteroatoms. The number of benzene rings is 2. The summed E-state index contributed by atoms with van der Waals surface area (Å²) in [5.41, 5.74) is 1.38. The van der Waals surface area contributed by atoms with Crippen molar-refractivity contribution < 1.29 is 9.53 Å². The first-order valence-corrected chi connectivity index (χ1v) is 7.72. The van der Waals surface area contributed by atoms with E-state index in [4.69, 9.17) is 4.74 Å². The average molecular weight is 305 g/mol. The first kappa shape index (κ1) is 13.1. The van der Waals surface area contributed by atoms with Crippen LogP contribution in [-0.2, 0) is 4.74 Å².